The molecule has 0 atom stereocenters. The molecule has 3 nitrogen and oxygen atoms in total. The number of aryl methyl sites for hydroxylation is 1. The van der Waals surface area contributed by atoms with Gasteiger partial charge in [0.05, 0.1) is 7.11 Å². The molecular formula is C13H12BrNO2. The van der Waals surface area contributed by atoms with E-state index in [2.05, 4.69) is 15.9 Å². The first-order chi connectivity index (χ1) is 8.15. The summed E-state index contributed by atoms with van der Waals surface area (Å²) in [6, 6.07) is 9.70. The Hall–Kier alpha value is -1.55. The van der Waals surface area contributed by atoms with Crippen molar-refractivity contribution in [3.05, 3.63) is 46.7 Å². The van der Waals surface area contributed by atoms with Crippen molar-refractivity contribution in [2.75, 3.05) is 7.11 Å². The number of halogens is 1. The molecular weight excluding hydrogens is 282 g/mol. The van der Waals surface area contributed by atoms with Crippen LogP contribution in [0.25, 0.3) is 11.1 Å². The Labute approximate surface area is 108 Å². The molecule has 0 bridgehead atoms. The first-order valence-corrected chi connectivity index (χ1v) is 5.93. The molecule has 1 aromatic carbocycles. The minimum atomic E-state index is -0.330. The van der Waals surface area contributed by atoms with E-state index in [0.717, 1.165) is 15.6 Å². The number of aromatic nitrogens is 1. The third kappa shape index (κ3) is 2.13. The maximum atomic E-state index is 11.7. The monoisotopic (exact) mass is 293 g/mol. The van der Waals surface area contributed by atoms with Gasteiger partial charge >= 0.3 is 5.97 Å². The standard InChI is InChI=1S/C13H12BrNO2/c1-15-8-7-10(12(15)13(16)17-2)9-5-3-4-6-11(9)14/h3-8H,1-2H3. The highest BCUT2D eigenvalue weighted by molar-refractivity contribution is 9.10. The average Bonchev–Trinajstić information content (AvgIpc) is 2.71. The number of benzene rings is 1. The van der Waals surface area contributed by atoms with Crippen LogP contribution in [0.5, 0.6) is 0 Å². The molecule has 0 unspecified atom stereocenters. The zero-order chi connectivity index (χ0) is 12.4. The largest absolute Gasteiger partial charge is 0.464 e. The van der Waals surface area contributed by atoms with Crippen molar-refractivity contribution in [1.29, 1.82) is 0 Å². The van der Waals surface area contributed by atoms with Crippen molar-refractivity contribution in [2.24, 2.45) is 7.05 Å². The fourth-order valence-electron chi connectivity index (χ4n) is 1.78. The summed E-state index contributed by atoms with van der Waals surface area (Å²) in [6.07, 6.45) is 1.85. The predicted octanol–water partition coefficient (Wildman–Crippen LogP) is 3.24. The number of nitrogens with zero attached hydrogens (tertiary/aromatic N) is 1. The van der Waals surface area contributed by atoms with Gasteiger partial charge < -0.3 is 9.30 Å². The summed E-state index contributed by atoms with van der Waals surface area (Å²) in [7, 11) is 3.21. The molecule has 17 heavy (non-hydrogen) atoms. The molecule has 0 amide bonds. The predicted molar refractivity (Wildman–Crippen MR) is 69.9 cm³/mol. The van der Waals surface area contributed by atoms with Crippen molar-refractivity contribution in [3.8, 4) is 11.1 Å². The van der Waals surface area contributed by atoms with E-state index in [-0.39, 0.29) is 5.97 Å². The van der Waals surface area contributed by atoms with Crippen LogP contribution < -0.4 is 0 Å². The summed E-state index contributed by atoms with van der Waals surface area (Å²) in [6.45, 7) is 0. The Bertz CT molecular complexity index is 560. The van der Waals surface area contributed by atoms with E-state index in [1.54, 1.807) is 4.57 Å². The van der Waals surface area contributed by atoms with Gasteiger partial charge in [0.2, 0.25) is 0 Å². The van der Waals surface area contributed by atoms with Gasteiger partial charge in [0, 0.05) is 23.3 Å². The summed E-state index contributed by atoms with van der Waals surface area (Å²) in [4.78, 5) is 11.7. The second kappa shape index (κ2) is 4.75. The molecule has 4 heteroatoms. The van der Waals surface area contributed by atoms with E-state index < -0.39 is 0 Å². The van der Waals surface area contributed by atoms with Gasteiger partial charge in [-0.05, 0) is 17.7 Å². The van der Waals surface area contributed by atoms with Crippen LogP contribution in [-0.2, 0) is 11.8 Å². The lowest BCUT2D eigenvalue weighted by atomic mass is 10.1. The number of ether oxygens (including phenoxy) is 1. The quantitative estimate of drug-likeness (QED) is 0.796. The van der Waals surface area contributed by atoms with E-state index in [1.807, 2.05) is 43.6 Å². The summed E-state index contributed by atoms with van der Waals surface area (Å²) in [5.74, 6) is -0.330. The zero-order valence-corrected chi connectivity index (χ0v) is 11.2. The minimum absolute atomic E-state index is 0.330. The summed E-state index contributed by atoms with van der Waals surface area (Å²) >= 11 is 3.49. The molecule has 0 saturated heterocycles. The first-order valence-electron chi connectivity index (χ1n) is 5.13. The lowest BCUT2D eigenvalue weighted by molar-refractivity contribution is 0.0591. The molecule has 0 radical (unpaired) electrons. The number of methoxy groups -OCH3 is 1. The highest BCUT2D eigenvalue weighted by Crippen LogP contribution is 2.31. The molecule has 1 heterocycles. The van der Waals surface area contributed by atoms with Crippen molar-refractivity contribution in [3.63, 3.8) is 0 Å². The number of rotatable bonds is 2. The normalized spacial score (nSPS) is 10.3. The Morgan fingerprint density at radius 1 is 1.24 bits per heavy atom. The van der Waals surface area contributed by atoms with Gasteiger partial charge in [-0.15, -0.1) is 0 Å². The van der Waals surface area contributed by atoms with E-state index in [4.69, 9.17) is 4.74 Å². The third-order valence-corrected chi connectivity index (χ3v) is 3.31. The van der Waals surface area contributed by atoms with Gasteiger partial charge in [0.1, 0.15) is 5.69 Å². The smallest absolute Gasteiger partial charge is 0.355 e. The highest BCUT2D eigenvalue weighted by atomic mass is 79.9. The molecule has 88 valence electrons. The minimum Gasteiger partial charge on any atom is -0.464 e. The molecule has 0 saturated carbocycles. The van der Waals surface area contributed by atoms with Crippen LogP contribution in [0.3, 0.4) is 0 Å². The fraction of sp³-hybridized carbons (Fsp3) is 0.154. The Balaban J connectivity index is 2.61. The molecule has 0 aliphatic rings. The van der Waals surface area contributed by atoms with E-state index >= 15 is 0 Å². The third-order valence-electron chi connectivity index (χ3n) is 2.62. The van der Waals surface area contributed by atoms with Crippen LogP contribution in [-0.4, -0.2) is 17.6 Å². The SMILES string of the molecule is COC(=O)c1c(-c2ccccc2Br)ccn1C. The first kappa shape index (κ1) is 11.9. The highest BCUT2D eigenvalue weighted by Gasteiger charge is 2.18. The van der Waals surface area contributed by atoms with E-state index in [9.17, 15) is 4.79 Å². The molecule has 2 aromatic rings. The topological polar surface area (TPSA) is 31.2 Å². The maximum absolute atomic E-state index is 11.7. The fourth-order valence-corrected chi connectivity index (χ4v) is 2.28. The van der Waals surface area contributed by atoms with Gasteiger partial charge in [-0.1, -0.05) is 34.1 Å². The number of carbonyl (C=O) groups excluding carboxylic acids is 1. The van der Waals surface area contributed by atoms with Gasteiger partial charge in [-0.3, -0.25) is 0 Å². The zero-order valence-electron chi connectivity index (χ0n) is 9.61. The molecule has 1 aromatic heterocycles. The Morgan fingerprint density at radius 3 is 2.59 bits per heavy atom. The summed E-state index contributed by atoms with van der Waals surface area (Å²) in [5, 5.41) is 0. The summed E-state index contributed by atoms with van der Waals surface area (Å²) < 4.78 is 7.52. The Kier molecular flexibility index (Phi) is 3.33. The molecule has 0 fully saturated rings. The molecule has 0 spiro atoms. The van der Waals surface area contributed by atoms with E-state index in [1.165, 1.54) is 7.11 Å². The van der Waals surface area contributed by atoms with Crippen LogP contribution in [0.15, 0.2) is 41.0 Å². The number of hydrogen-bond acceptors (Lipinski definition) is 2. The number of hydrogen-bond donors (Lipinski definition) is 0. The van der Waals surface area contributed by atoms with Crippen molar-refractivity contribution in [1.82, 2.24) is 4.57 Å². The van der Waals surface area contributed by atoms with Crippen LogP contribution in [0.4, 0.5) is 0 Å². The van der Waals surface area contributed by atoms with Crippen LogP contribution >= 0.6 is 15.9 Å². The lowest BCUT2D eigenvalue weighted by Crippen LogP contribution is -2.08. The molecule has 0 aliphatic heterocycles. The van der Waals surface area contributed by atoms with E-state index in [0.29, 0.717) is 5.69 Å². The van der Waals surface area contributed by atoms with Gasteiger partial charge in [0.15, 0.2) is 0 Å². The lowest BCUT2D eigenvalue weighted by Gasteiger charge is -2.07. The second-order valence-electron chi connectivity index (χ2n) is 3.66. The second-order valence-corrected chi connectivity index (χ2v) is 4.51. The number of carbonyl (C=O) groups is 1. The average molecular weight is 294 g/mol. The van der Waals surface area contributed by atoms with Gasteiger partial charge in [-0.2, -0.15) is 0 Å². The molecule has 2 rings (SSSR count). The van der Waals surface area contributed by atoms with Crippen LogP contribution in [0, 0.1) is 0 Å². The van der Waals surface area contributed by atoms with Crippen molar-refractivity contribution in [2.45, 2.75) is 0 Å². The Morgan fingerprint density at radius 2 is 1.94 bits per heavy atom. The van der Waals surface area contributed by atoms with Crippen molar-refractivity contribution < 1.29 is 9.53 Å². The van der Waals surface area contributed by atoms with Crippen LogP contribution in [0.1, 0.15) is 10.5 Å². The number of esters is 1. The van der Waals surface area contributed by atoms with Gasteiger partial charge in [-0.25, -0.2) is 4.79 Å². The van der Waals surface area contributed by atoms with Crippen molar-refractivity contribution >= 4 is 21.9 Å². The summed E-state index contributed by atoms with van der Waals surface area (Å²) in [5.41, 5.74) is 2.40. The van der Waals surface area contributed by atoms with Crippen LogP contribution in [0.2, 0.25) is 0 Å². The molecule has 0 N–H and O–H groups in total. The maximum Gasteiger partial charge on any atom is 0.355 e. The van der Waals surface area contributed by atoms with Gasteiger partial charge in [0.25, 0.3) is 0 Å². The molecule has 0 aliphatic carbocycles.